The number of hydrogen-bond donors (Lipinski definition) is 1. The Balaban J connectivity index is 2.23. The van der Waals surface area contributed by atoms with Gasteiger partial charge in [-0.3, -0.25) is 4.79 Å². The van der Waals surface area contributed by atoms with Gasteiger partial charge in [0.2, 0.25) is 0 Å². The first kappa shape index (κ1) is 15.5. The van der Waals surface area contributed by atoms with Gasteiger partial charge in [0.25, 0.3) is 0 Å². The van der Waals surface area contributed by atoms with Crippen LogP contribution >= 0.6 is 0 Å². The maximum Gasteiger partial charge on any atom is 0.335 e. The van der Waals surface area contributed by atoms with Crippen molar-refractivity contribution >= 4 is 17.8 Å². The Hall–Kier alpha value is -2.88. The molecule has 0 unspecified atom stereocenters. The fourth-order valence-corrected chi connectivity index (χ4v) is 2.14. The highest BCUT2D eigenvalue weighted by molar-refractivity contribution is 6.08. The molecule has 0 spiro atoms. The standard InChI is InChI=1S/C18H16O4/c1-11-9-12(2)17(20)15(10-11)16(19)8-5-13-3-6-14(7-4-13)18(21)22/h3-10,20H,1-2H3,(H,21,22)/p-1/b8-5+. The summed E-state index contributed by atoms with van der Waals surface area (Å²) >= 11 is 0. The van der Waals surface area contributed by atoms with E-state index < -0.39 is 5.97 Å². The van der Waals surface area contributed by atoms with E-state index in [1.807, 2.05) is 6.92 Å². The van der Waals surface area contributed by atoms with Crippen LogP contribution in [0.3, 0.4) is 0 Å². The number of carbonyl (C=O) groups is 2. The van der Waals surface area contributed by atoms with Gasteiger partial charge >= 0.3 is 5.97 Å². The number of allylic oxidation sites excluding steroid dienone is 1. The third-order valence-electron chi connectivity index (χ3n) is 3.27. The summed E-state index contributed by atoms with van der Waals surface area (Å²) in [6, 6.07) is 9.45. The largest absolute Gasteiger partial charge is 0.872 e. The van der Waals surface area contributed by atoms with Crippen LogP contribution < -0.4 is 5.11 Å². The molecule has 0 bridgehead atoms. The molecule has 0 saturated carbocycles. The van der Waals surface area contributed by atoms with E-state index in [0.717, 1.165) is 5.56 Å². The summed E-state index contributed by atoms with van der Waals surface area (Å²) in [6.45, 7) is 3.51. The molecule has 0 aliphatic heterocycles. The Morgan fingerprint density at radius 1 is 1.09 bits per heavy atom. The van der Waals surface area contributed by atoms with Crippen molar-refractivity contribution in [2.45, 2.75) is 13.8 Å². The van der Waals surface area contributed by atoms with Crippen LogP contribution in [0.5, 0.6) is 5.75 Å². The van der Waals surface area contributed by atoms with Crippen LogP contribution in [0.25, 0.3) is 6.08 Å². The van der Waals surface area contributed by atoms with Gasteiger partial charge in [0.1, 0.15) is 0 Å². The summed E-state index contributed by atoms with van der Waals surface area (Å²) in [6.07, 6.45) is 2.89. The molecule has 0 fully saturated rings. The summed E-state index contributed by atoms with van der Waals surface area (Å²) < 4.78 is 0. The van der Waals surface area contributed by atoms with Crippen molar-refractivity contribution in [3.8, 4) is 5.75 Å². The number of rotatable bonds is 4. The van der Waals surface area contributed by atoms with E-state index in [1.54, 1.807) is 37.3 Å². The van der Waals surface area contributed by atoms with Gasteiger partial charge in [0, 0.05) is 5.56 Å². The lowest BCUT2D eigenvalue weighted by Crippen LogP contribution is -2.05. The van der Waals surface area contributed by atoms with Crippen molar-refractivity contribution < 1.29 is 19.8 Å². The van der Waals surface area contributed by atoms with Crippen LogP contribution in [0, 0.1) is 13.8 Å². The first-order valence-electron chi connectivity index (χ1n) is 6.72. The predicted octanol–water partition coefficient (Wildman–Crippen LogP) is 2.97. The van der Waals surface area contributed by atoms with E-state index in [0.29, 0.717) is 11.1 Å². The van der Waals surface area contributed by atoms with E-state index in [-0.39, 0.29) is 22.7 Å². The smallest absolute Gasteiger partial charge is 0.335 e. The van der Waals surface area contributed by atoms with Crippen LogP contribution in [0.2, 0.25) is 0 Å². The van der Waals surface area contributed by atoms with E-state index >= 15 is 0 Å². The van der Waals surface area contributed by atoms with E-state index in [4.69, 9.17) is 5.11 Å². The zero-order valence-electron chi connectivity index (χ0n) is 12.3. The molecule has 0 aromatic heterocycles. The Morgan fingerprint density at radius 3 is 2.32 bits per heavy atom. The second-order valence-electron chi connectivity index (χ2n) is 5.08. The minimum atomic E-state index is -1.00. The highest BCUT2D eigenvalue weighted by atomic mass is 16.4. The molecule has 0 aliphatic rings. The first-order valence-corrected chi connectivity index (χ1v) is 6.72. The molecule has 0 aliphatic carbocycles. The van der Waals surface area contributed by atoms with Crippen molar-refractivity contribution in [1.82, 2.24) is 0 Å². The van der Waals surface area contributed by atoms with Crippen LogP contribution in [0.1, 0.15) is 37.4 Å². The maximum absolute atomic E-state index is 12.1. The summed E-state index contributed by atoms with van der Waals surface area (Å²) in [5, 5.41) is 20.8. The van der Waals surface area contributed by atoms with Gasteiger partial charge in [-0.2, -0.15) is 0 Å². The van der Waals surface area contributed by atoms with Gasteiger partial charge in [-0.05, 0) is 43.7 Å². The van der Waals surface area contributed by atoms with Crippen LogP contribution in [0.15, 0.2) is 42.5 Å². The number of benzene rings is 2. The lowest BCUT2D eigenvalue weighted by molar-refractivity contribution is -0.269. The highest BCUT2D eigenvalue weighted by Gasteiger charge is 2.06. The van der Waals surface area contributed by atoms with Crippen LogP contribution in [-0.4, -0.2) is 16.9 Å². The van der Waals surface area contributed by atoms with Crippen molar-refractivity contribution in [3.63, 3.8) is 0 Å². The molecule has 2 rings (SSSR count). The van der Waals surface area contributed by atoms with Crippen molar-refractivity contribution in [3.05, 3.63) is 70.3 Å². The molecule has 0 saturated heterocycles. The predicted molar refractivity (Wildman–Crippen MR) is 82.1 cm³/mol. The number of aromatic carboxylic acids is 1. The average molecular weight is 295 g/mol. The molecule has 1 N–H and O–H groups in total. The van der Waals surface area contributed by atoms with Gasteiger partial charge in [0.15, 0.2) is 5.78 Å². The zero-order chi connectivity index (χ0) is 16.3. The normalized spacial score (nSPS) is 10.8. The molecular weight excluding hydrogens is 280 g/mol. The zero-order valence-corrected chi connectivity index (χ0v) is 12.3. The number of hydrogen-bond acceptors (Lipinski definition) is 3. The van der Waals surface area contributed by atoms with E-state index in [2.05, 4.69) is 0 Å². The monoisotopic (exact) mass is 295 g/mol. The van der Waals surface area contributed by atoms with Gasteiger partial charge in [-0.1, -0.05) is 41.2 Å². The van der Waals surface area contributed by atoms with E-state index in [9.17, 15) is 14.7 Å². The Morgan fingerprint density at radius 2 is 1.73 bits per heavy atom. The van der Waals surface area contributed by atoms with Crippen molar-refractivity contribution in [2.75, 3.05) is 0 Å². The summed E-state index contributed by atoms with van der Waals surface area (Å²) in [5.74, 6) is -1.63. The SMILES string of the molecule is Cc1cc(C)c([O-])c(C(=O)/C=C/c2ccc(C(=O)O)cc2)c1. The first-order chi connectivity index (χ1) is 10.4. The minimum absolute atomic E-state index is 0.149. The fraction of sp³-hybridized carbons (Fsp3) is 0.111. The summed E-state index contributed by atoms with van der Waals surface area (Å²) in [4.78, 5) is 22.9. The number of aryl methyl sites for hydroxylation is 2. The third kappa shape index (κ3) is 3.41. The van der Waals surface area contributed by atoms with Crippen LogP contribution in [0.4, 0.5) is 0 Å². The quantitative estimate of drug-likeness (QED) is 0.695. The topological polar surface area (TPSA) is 77.4 Å². The molecule has 0 heterocycles. The Labute approximate surface area is 128 Å². The van der Waals surface area contributed by atoms with Gasteiger partial charge in [0.05, 0.1) is 5.56 Å². The number of carboxylic acid groups (broad SMARTS) is 1. The maximum atomic E-state index is 12.1. The average Bonchev–Trinajstić information content (AvgIpc) is 2.48. The molecule has 4 nitrogen and oxygen atoms in total. The van der Waals surface area contributed by atoms with Crippen molar-refractivity contribution in [1.29, 1.82) is 0 Å². The lowest BCUT2D eigenvalue weighted by atomic mass is 10.0. The molecule has 4 heteroatoms. The van der Waals surface area contributed by atoms with Gasteiger partial charge in [-0.15, -0.1) is 0 Å². The molecule has 2 aromatic rings. The molecule has 112 valence electrons. The molecule has 0 amide bonds. The molecule has 0 atom stereocenters. The number of carboxylic acids is 1. The molecule has 0 radical (unpaired) electrons. The highest BCUT2D eigenvalue weighted by Crippen LogP contribution is 2.22. The van der Waals surface area contributed by atoms with Gasteiger partial charge < -0.3 is 10.2 Å². The lowest BCUT2D eigenvalue weighted by Gasteiger charge is -2.15. The molecule has 2 aromatic carbocycles. The number of carbonyl (C=O) groups excluding carboxylic acids is 1. The Kier molecular flexibility index (Phi) is 4.41. The number of ketones is 1. The van der Waals surface area contributed by atoms with Crippen LogP contribution in [-0.2, 0) is 0 Å². The van der Waals surface area contributed by atoms with Crippen molar-refractivity contribution in [2.24, 2.45) is 0 Å². The Bertz CT molecular complexity index is 755. The van der Waals surface area contributed by atoms with Gasteiger partial charge in [-0.25, -0.2) is 4.79 Å². The second kappa shape index (κ2) is 6.26. The fourth-order valence-electron chi connectivity index (χ4n) is 2.14. The second-order valence-corrected chi connectivity index (χ2v) is 5.08. The summed E-state index contributed by atoms with van der Waals surface area (Å²) in [5.41, 5.74) is 2.42. The summed E-state index contributed by atoms with van der Waals surface area (Å²) in [7, 11) is 0. The molecular formula is C18H15O4-. The third-order valence-corrected chi connectivity index (χ3v) is 3.27. The van der Waals surface area contributed by atoms with E-state index in [1.165, 1.54) is 18.2 Å². The molecule has 22 heavy (non-hydrogen) atoms. The minimum Gasteiger partial charge on any atom is -0.872 e.